The Hall–Kier alpha value is -2.71. The van der Waals surface area contributed by atoms with Crippen LogP contribution in [0, 0.1) is 21.8 Å². The summed E-state index contributed by atoms with van der Waals surface area (Å²) in [7, 11) is 0. The summed E-state index contributed by atoms with van der Waals surface area (Å²) in [5.74, 6) is -2.53. The van der Waals surface area contributed by atoms with Crippen molar-refractivity contribution in [1.29, 1.82) is 0 Å². The van der Waals surface area contributed by atoms with Gasteiger partial charge in [0.2, 0.25) is 0 Å². The first-order chi connectivity index (χ1) is 9.88. The Kier molecular flexibility index (Phi) is 4.01. The maximum absolute atomic E-state index is 13.6. The standard InChI is InChI=1S/C12H12FN3O5/c13-9-5-8(16(20)21)1-2-10(9)14-12(19)15-4-3-7(6-15)11(17)18/h1-2,5,7H,3-4,6H2,(H,14,19)(H,17,18). The molecule has 0 aliphatic carbocycles. The molecule has 1 heterocycles. The Labute approximate surface area is 118 Å². The SMILES string of the molecule is O=C(O)C1CCN(C(=O)Nc2ccc([N+](=O)[O-])cc2F)C1. The minimum absolute atomic E-state index is 0.0514. The third-order valence-electron chi connectivity index (χ3n) is 3.23. The van der Waals surface area contributed by atoms with Gasteiger partial charge in [0.1, 0.15) is 0 Å². The molecule has 1 unspecified atom stereocenters. The molecule has 1 aliphatic rings. The average Bonchev–Trinajstić information content (AvgIpc) is 2.90. The van der Waals surface area contributed by atoms with Crippen molar-refractivity contribution in [2.45, 2.75) is 6.42 Å². The van der Waals surface area contributed by atoms with Gasteiger partial charge in [-0.3, -0.25) is 14.9 Å². The summed E-state index contributed by atoms with van der Waals surface area (Å²) in [6.07, 6.45) is 0.339. The molecule has 2 rings (SSSR count). The molecule has 9 heteroatoms. The van der Waals surface area contributed by atoms with Crippen molar-refractivity contribution in [3.8, 4) is 0 Å². The summed E-state index contributed by atoms with van der Waals surface area (Å²) >= 11 is 0. The van der Waals surface area contributed by atoms with E-state index < -0.39 is 34.3 Å². The van der Waals surface area contributed by atoms with Crippen molar-refractivity contribution in [1.82, 2.24) is 4.90 Å². The molecule has 0 aromatic heterocycles. The van der Waals surface area contributed by atoms with E-state index in [1.54, 1.807) is 0 Å². The number of rotatable bonds is 3. The fourth-order valence-electron chi connectivity index (χ4n) is 2.06. The lowest BCUT2D eigenvalue weighted by atomic mass is 10.1. The van der Waals surface area contributed by atoms with Crippen LogP contribution < -0.4 is 5.32 Å². The third-order valence-corrected chi connectivity index (χ3v) is 3.23. The molecular weight excluding hydrogens is 285 g/mol. The monoisotopic (exact) mass is 297 g/mol. The zero-order valence-corrected chi connectivity index (χ0v) is 10.8. The Bertz CT molecular complexity index is 607. The number of amides is 2. The number of urea groups is 1. The van der Waals surface area contributed by atoms with Gasteiger partial charge in [0.15, 0.2) is 5.82 Å². The predicted octanol–water partition coefficient (Wildman–Crippen LogP) is 1.67. The fraction of sp³-hybridized carbons (Fsp3) is 0.333. The number of nitro benzene ring substituents is 1. The van der Waals surface area contributed by atoms with E-state index in [1.165, 1.54) is 4.90 Å². The number of aliphatic carboxylic acids is 1. The smallest absolute Gasteiger partial charge is 0.321 e. The van der Waals surface area contributed by atoms with Gasteiger partial charge in [-0.25, -0.2) is 9.18 Å². The van der Waals surface area contributed by atoms with E-state index in [9.17, 15) is 24.1 Å². The van der Waals surface area contributed by atoms with Gasteiger partial charge < -0.3 is 15.3 Å². The van der Waals surface area contributed by atoms with Crippen LogP contribution in [0.3, 0.4) is 0 Å². The summed E-state index contributed by atoms with van der Waals surface area (Å²) in [6.45, 7) is 0.313. The van der Waals surface area contributed by atoms with Gasteiger partial charge in [-0.2, -0.15) is 0 Å². The Balaban J connectivity index is 2.03. The van der Waals surface area contributed by atoms with Gasteiger partial charge in [0.05, 0.1) is 22.6 Å². The van der Waals surface area contributed by atoms with Crippen molar-refractivity contribution >= 4 is 23.4 Å². The zero-order valence-electron chi connectivity index (χ0n) is 10.8. The van der Waals surface area contributed by atoms with Gasteiger partial charge in [-0.05, 0) is 12.5 Å². The van der Waals surface area contributed by atoms with Crippen LogP contribution in [0.15, 0.2) is 18.2 Å². The van der Waals surface area contributed by atoms with Gasteiger partial charge in [0.25, 0.3) is 5.69 Å². The second-order valence-corrected chi connectivity index (χ2v) is 4.62. The number of likely N-dealkylation sites (tertiary alicyclic amines) is 1. The van der Waals surface area contributed by atoms with E-state index in [-0.39, 0.29) is 18.8 Å². The van der Waals surface area contributed by atoms with Crippen LogP contribution >= 0.6 is 0 Å². The lowest BCUT2D eigenvalue weighted by molar-refractivity contribution is -0.385. The van der Waals surface area contributed by atoms with Crippen molar-refractivity contribution in [3.63, 3.8) is 0 Å². The Morgan fingerprint density at radius 3 is 2.71 bits per heavy atom. The minimum Gasteiger partial charge on any atom is -0.481 e. The van der Waals surface area contributed by atoms with Crippen LogP contribution in [0.25, 0.3) is 0 Å². The van der Waals surface area contributed by atoms with E-state index in [1.807, 2.05) is 0 Å². The molecule has 0 bridgehead atoms. The van der Waals surface area contributed by atoms with E-state index in [4.69, 9.17) is 5.11 Å². The molecule has 2 N–H and O–H groups in total. The van der Waals surface area contributed by atoms with Crippen LogP contribution in [0.1, 0.15) is 6.42 Å². The van der Waals surface area contributed by atoms with Crippen LogP contribution in [0.5, 0.6) is 0 Å². The first-order valence-electron chi connectivity index (χ1n) is 6.11. The third kappa shape index (κ3) is 3.25. The molecule has 1 saturated heterocycles. The second kappa shape index (κ2) is 5.73. The summed E-state index contributed by atoms with van der Waals surface area (Å²) in [6, 6.07) is 2.24. The normalized spacial score (nSPS) is 17.6. The highest BCUT2D eigenvalue weighted by atomic mass is 19.1. The van der Waals surface area contributed by atoms with Gasteiger partial charge in [-0.15, -0.1) is 0 Å². The lowest BCUT2D eigenvalue weighted by Gasteiger charge is -2.16. The molecule has 2 amide bonds. The number of nitrogens with one attached hydrogen (secondary N) is 1. The molecule has 0 radical (unpaired) electrons. The molecule has 8 nitrogen and oxygen atoms in total. The van der Waals surface area contributed by atoms with E-state index in [0.717, 1.165) is 12.1 Å². The summed E-state index contributed by atoms with van der Waals surface area (Å²) < 4.78 is 13.6. The molecule has 0 saturated carbocycles. The number of hydrogen-bond acceptors (Lipinski definition) is 4. The number of carbonyl (C=O) groups excluding carboxylic acids is 1. The number of halogens is 1. The van der Waals surface area contributed by atoms with Crippen LogP contribution in [-0.2, 0) is 4.79 Å². The molecule has 21 heavy (non-hydrogen) atoms. The fourth-order valence-corrected chi connectivity index (χ4v) is 2.06. The minimum atomic E-state index is -0.980. The lowest BCUT2D eigenvalue weighted by Crippen LogP contribution is -2.34. The molecule has 1 fully saturated rings. The van der Waals surface area contributed by atoms with Gasteiger partial charge in [-0.1, -0.05) is 0 Å². The van der Waals surface area contributed by atoms with Crippen molar-refractivity contribution in [2.75, 3.05) is 18.4 Å². The number of nitro groups is 1. The van der Waals surface area contributed by atoms with Gasteiger partial charge in [0, 0.05) is 19.2 Å². The van der Waals surface area contributed by atoms with Gasteiger partial charge >= 0.3 is 12.0 Å². The first-order valence-corrected chi connectivity index (χ1v) is 6.11. The van der Waals surface area contributed by atoms with Crippen molar-refractivity contribution < 1.29 is 24.0 Å². The number of nitrogens with zero attached hydrogens (tertiary/aromatic N) is 2. The Morgan fingerprint density at radius 1 is 1.48 bits per heavy atom. The van der Waals surface area contributed by atoms with Crippen LogP contribution in [0.4, 0.5) is 20.6 Å². The summed E-state index contributed by atoms with van der Waals surface area (Å²) in [5.41, 5.74) is -0.609. The largest absolute Gasteiger partial charge is 0.481 e. The number of anilines is 1. The zero-order chi connectivity index (χ0) is 15.6. The topological polar surface area (TPSA) is 113 Å². The second-order valence-electron chi connectivity index (χ2n) is 4.62. The molecule has 0 spiro atoms. The van der Waals surface area contributed by atoms with Crippen molar-refractivity contribution in [2.24, 2.45) is 5.92 Å². The first kappa shape index (κ1) is 14.7. The number of carbonyl (C=O) groups is 2. The van der Waals surface area contributed by atoms with Crippen molar-refractivity contribution in [3.05, 3.63) is 34.1 Å². The number of non-ortho nitro benzene ring substituents is 1. The number of benzene rings is 1. The maximum Gasteiger partial charge on any atom is 0.321 e. The Morgan fingerprint density at radius 2 is 2.19 bits per heavy atom. The summed E-state index contributed by atoms with van der Waals surface area (Å²) in [5, 5.41) is 21.6. The molecule has 112 valence electrons. The van der Waals surface area contributed by atoms with E-state index in [0.29, 0.717) is 12.5 Å². The maximum atomic E-state index is 13.6. The molecule has 1 aromatic rings. The molecule has 1 aliphatic heterocycles. The van der Waals surface area contributed by atoms with E-state index in [2.05, 4.69) is 5.32 Å². The quantitative estimate of drug-likeness (QED) is 0.651. The molecule has 1 atom stereocenters. The average molecular weight is 297 g/mol. The number of carboxylic acid groups (broad SMARTS) is 1. The van der Waals surface area contributed by atoms with Crippen LogP contribution in [-0.4, -0.2) is 40.0 Å². The number of carboxylic acids is 1. The highest BCUT2D eigenvalue weighted by molar-refractivity contribution is 5.90. The highest BCUT2D eigenvalue weighted by Crippen LogP contribution is 2.22. The summed E-state index contributed by atoms with van der Waals surface area (Å²) in [4.78, 5) is 33.7. The highest BCUT2D eigenvalue weighted by Gasteiger charge is 2.31. The molecular formula is C12H12FN3O5. The van der Waals surface area contributed by atoms with Crippen LogP contribution in [0.2, 0.25) is 0 Å². The number of hydrogen-bond donors (Lipinski definition) is 2. The molecule has 1 aromatic carbocycles. The predicted molar refractivity (Wildman–Crippen MR) is 69.4 cm³/mol. The van der Waals surface area contributed by atoms with E-state index >= 15 is 0 Å².